The van der Waals surface area contributed by atoms with Crippen LogP contribution in [0.2, 0.25) is 0 Å². The molecule has 0 saturated carbocycles. The number of anilines is 1. The molecule has 8 heteroatoms. The van der Waals surface area contributed by atoms with E-state index in [1.165, 1.54) is 18.2 Å². The molecule has 0 bridgehead atoms. The highest BCUT2D eigenvalue weighted by atomic mass is 19.3. The molecule has 0 aliphatic heterocycles. The number of halogens is 2. The topological polar surface area (TPSA) is 90.7 Å². The van der Waals surface area contributed by atoms with E-state index >= 15 is 0 Å². The molecule has 26 heavy (non-hydrogen) atoms. The van der Waals surface area contributed by atoms with Crippen LogP contribution in [-0.2, 0) is 9.59 Å². The molecule has 0 saturated heterocycles. The van der Waals surface area contributed by atoms with Crippen LogP contribution in [0.1, 0.15) is 5.56 Å². The van der Waals surface area contributed by atoms with E-state index in [9.17, 15) is 18.4 Å². The number of primary amides is 1. The molecule has 0 aliphatic carbocycles. The lowest BCUT2D eigenvalue weighted by molar-refractivity contribution is -0.120. The summed E-state index contributed by atoms with van der Waals surface area (Å²) in [6, 6.07) is 12.4. The molecule has 3 N–H and O–H groups in total. The highest BCUT2D eigenvalue weighted by Crippen LogP contribution is 2.21. The fraction of sp³-hybridized carbons (Fsp3) is 0.111. The Morgan fingerprint density at radius 3 is 2.46 bits per heavy atom. The Kier molecular flexibility index (Phi) is 6.67. The Morgan fingerprint density at radius 1 is 1.12 bits per heavy atom. The van der Waals surface area contributed by atoms with E-state index in [0.29, 0.717) is 17.0 Å². The van der Waals surface area contributed by atoms with Crippen LogP contribution in [0.15, 0.2) is 54.6 Å². The van der Waals surface area contributed by atoms with Gasteiger partial charge < -0.3 is 20.5 Å². The Hall–Kier alpha value is -3.42. The molecule has 0 unspecified atom stereocenters. The molecular weight excluding hydrogens is 346 g/mol. The Morgan fingerprint density at radius 2 is 1.81 bits per heavy atom. The van der Waals surface area contributed by atoms with Gasteiger partial charge in [0.05, 0.1) is 0 Å². The first-order valence-corrected chi connectivity index (χ1v) is 7.48. The minimum atomic E-state index is -2.95. The van der Waals surface area contributed by atoms with Crippen LogP contribution in [0.3, 0.4) is 0 Å². The minimum Gasteiger partial charge on any atom is -0.484 e. The summed E-state index contributed by atoms with van der Waals surface area (Å²) in [6.07, 6.45) is 2.57. The number of hydrogen-bond acceptors (Lipinski definition) is 4. The second kappa shape index (κ2) is 9.16. The smallest absolute Gasteiger partial charge is 0.387 e. The van der Waals surface area contributed by atoms with Gasteiger partial charge in [-0.05, 0) is 36.4 Å². The molecule has 0 aliphatic rings. The standard InChI is InChI=1S/C18H16F2N2O4/c19-18(20)26-15-4-2-1-3-12(15)5-10-17(24)22-13-6-8-14(9-7-13)25-11-16(21)23/h1-10,18H,11H2,(H2,21,23)(H,22,24)/b10-5+. The molecule has 0 radical (unpaired) electrons. The van der Waals surface area contributed by atoms with Gasteiger partial charge in [0.2, 0.25) is 5.91 Å². The van der Waals surface area contributed by atoms with Crippen molar-refractivity contribution < 1.29 is 27.8 Å². The number of benzene rings is 2. The van der Waals surface area contributed by atoms with Crippen molar-refractivity contribution >= 4 is 23.6 Å². The zero-order valence-electron chi connectivity index (χ0n) is 13.5. The number of nitrogens with two attached hydrogens (primary N) is 1. The normalized spacial score (nSPS) is 10.7. The third-order valence-electron chi connectivity index (χ3n) is 3.05. The maximum atomic E-state index is 12.4. The van der Waals surface area contributed by atoms with E-state index in [4.69, 9.17) is 10.5 Å². The molecule has 2 amide bonds. The summed E-state index contributed by atoms with van der Waals surface area (Å²) < 4.78 is 34.2. The molecule has 0 aromatic heterocycles. The number of carbonyl (C=O) groups excluding carboxylic acids is 2. The Bertz CT molecular complexity index is 792. The summed E-state index contributed by atoms with van der Waals surface area (Å²) in [4.78, 5) is 22.6. The molecule has 6 nitrogen and oxygen atoms in total. The van der Waals surface area contributed by atoms with Crippen molar-refractivity contribution in [2.75, 3.05) is 11.9 Å². The average Bonchev–Trinajstić information content (AvgIpc) is 2.60. The minimum absolute atomic E-state index is 0.0255. The van der Waals surface area contributed by atoms with Gasteiger partial charge in [0.25, 0.3) is 5.91 Å². The van der Waals surface area contributed by atoms with E-state index in [-0.39, 0.29) is 12.4 Å². The third-order valence-corrected chi connectivity index (χ3v) is 3.05. The van der Waals surface area contributed by atoms with Crippen molar-refractivity contribution in [1.29, 1.82) is 0 Å². The van der Waals surface area contributed by atoms with Crippen LogP contribution in [0.5, 0.6) is 11.5 Å². The van der Waals surface area contributed by atoms with Gasteiger partial charge in [0, 0.05) is 17.3 Å². The van der Waals surface area contributed by atoms with Gasteiger partial charge in [-0.15, -0.1) is 0 Å². The van der Waals surface area contributed by atoms with Crippen LogP contribution in [-0.4, -0.2) is 25.0 Å². The van der Waals surface area contributed by atoms with Gasteiger partial charge >= 0.3 is 6.61 Å². The SMILES string of the molecule is NC(=O)COc1ccc(NC(=O)/C=C/c2ccccc2OC(F)F)cc1. The lowest BCUT2D eigenvalue weighted by Crippen LogP contribution is -2.20. The predicted octanol–water partition coefficient (Wildman–Crippen LogP) is 2.80. The van der Waals surface area contributed by atoms with Crippen molar-refractivity contribution in [2.45, 2.75) is 6.61 Å². The lowest BCUT2D eigenvalue weighted by Gasteiger charge is -2.07. The summed E-state index contributed by atoms with van der Waals surface area (Å²) >= 11 is 0. The molecule has 0 spiro atoms. The first kappa shape index (κ1) is 18.9. The summed E-state index contributed by atoms with van der Waals surface area (Å²) in [5, 5.41) is 2.60. The quantitative estimate of drug-likeness (QED) is 0.707. The van der Waals surface area contributed by atoms with E-state index in [1.54, 1.807) is 42.5 Å². The van der Waals surface area contributed by atoms with Gasteiger partial charge in [0.15, 0.2) is 6.61 Å². The molecule has 2 aromatic rings. The third kappa shape index (κ3) is 6.23. The first-order valence-electron chi connectivity index (χ1n) is 7.48. The maximum Gasteiger partial charge on any atom is 0.387 e. The molecule has 136 valence electrons. The number of para-hydroxylation sites is 1. The van der Waals surface area contributed by atoms with Gasteiger partial charge in [-0.3, -0.25) is 9.59 Å². The highest BCUT2D eigenvalue weighted by molar-refractivity contribution is 6.02. The second-order valence-corrected chi connectivity index (χ2v) is 5.02. The van der Waals surface area contributed by atoms with E-state index in [1.807, 2.05) is 0 Å². The molecule has 0 atom stereocenters. The average molecular weight is 362 g/mol. The van der Waals surface area contributed by atoms with Crippen molar-refractivity contribution in [3.63, 3.8) is 0 Å². The number of alkyl halides is 2. The van der Waals surface area contributed by atoms with Gasteiger partial charge in [0.1, 0.15) is 11.5 Å². The second-order valence-electron chi connectivity index (χ2n) is 5.02. The summed E-state index contributed by atoms with van der Waals surface area (Å²) in [5.41, 5.74) is 5.81. The molecule has 0 fully saturated rings. The lowest BCUT2D eigenvalue weighted by atomic mass is 10.2. The van der Waals surface area contributed by atoms with Crippen molar-refractivity contribution in [2.24, 2.45) is 5.73 Å². The first-order chi connectivity index (χ1) is 12.4. The fourth-order valence-corrected chi connectivity index (χ4v) is 1.96. The van der Waals surface area contributed by atoms with E-state index < -0.39 is 18.4 Å². The number of ether oxygens (including phenoxy) is 2. The number of nitrogens with one attached hydrogen (secondary N) is 1. The van der Waals surface area contributed by atoms with Crippen molar-refractivity contribution in [1.82, 2.24) is 0 Å². The van der Waals surface area contributed by atoms with Crippen LogP contribution in [0.25, 0.3) is 6.08 Å². The highest BCUT2D eigenvalue weighted by Gasteiger charge is 2.07. The predicted molar refractivity (Wildman–Crippen MR) is 91.9 cm³/mol. The van der Waals surface area contributed by atoms with Crippen molar-refractivity contribution in [3.05, 3.63) is 60.2 Å². The summed E-state index contributed by atoms with van der Waals surface area (Å²) in [7, 11) is 0. The Labute approximate surface area is 148 Å². The maximum absolute atomic E-state index is 12.4. The van der Waals surface area contributed by atoms with E-state index in [2.05, 4.69) is 10.1 Å². The van der Waals surface area contributed by atoms with Crippen LogP contribution < -0.4 is 20.5 Å². The van der Waals surface area contributed by atoms with Crippen LogP contribution >= 0.6 is 0 Å². The summed E-state index contributed by atoms with van der Waals surface area (Å²) in [5.74, 6) is -0.649. The number of carbonyl (C=O) groups is 2. The van der Waals surface area contributed by atoms with Gasteiger partial charge in [-0.2, -0.15) is 8.78 Å². The van der Waals surface area contributed by atoms with E-state index in [0.717, 1.165) is 0 Å². The molecule has 0 heterocycles. The van der Waals surface area contributed by atoms with Crippen LogP contribution in [0.4, 0.5) is 14.5 Å². The zero-order chi connectivity index (χ0) is 18.9. The zero-order valence-corrected chi connectivity index (χ0v) is 13.5. The number of amides is 2. The summed E-state index contributed by atoms with van der Waals surface area (Å²) in [6.45, 7) is -3.19. The van der Waals surface area contributed by atoms with Crippen molar-refractivity contribution in [3.8, 4) is 11.5 Å². The Balaban J connectivity index is 1.96. The van der Waals surface area contributed by atoms with Gasteiger partial charge in [-0.25, -0.2) is 0 Å². The van der Waals surface area contributed by atoms with Gasteiger partial charge in [-0.1, -0.05) is 18.2 Å². The molecule has 2 aromatic carbocycles. The number of rotatable bonds is 8. The number of hydrogen-bond donors (Lipinski definition) is 2. The molecule has 2 rings (SSSR count). The fourth-order valence-electron chi connectivity index (χ4n) is 1.96. The molecular formula is C18H16F2N2O4. The largest absolute Gasteiger partial charge is 0.484 e. The monoisotopic (exact) mass is 362 g/mol. The van der Waals surface area contributed by atoms with Crippen LogP contribution in [0, 0.1) is 0 Å².